The second-order valence-corrected chi connectivity index (χ2v) is 4.92. The van der Waals surface area contributed by atoms with Crippen LogP contribution in [0.4, 0.5) is 0 Å². The van der Waals surface area contributed by atoms with Crippen LogP contribution in [0.3, 0.4) is 0 Å². The van der Waals surface area contributed by atoms with Gasteiger partial charge in [-0.2, -0.15) is 0 Å². The van der Waals surface area contributed by atoms with Gasteiger partial charge in [-0.3, -0.25) is 0 Å². The lowest BCUT2D eigenvalue weighted by molar-refractivity contribution is 0.301. The zero-order chi connectivity index (χ0) is 9.14. The maximum atomic E-state index is 2.44. The summed E-state index contributed by atoms with van der Waals surface area (Å²) in [6, 6.07) is 0. The largest absolute Gasteiger partial charge is 0.105 e. The molecule has 70 valence electrons. The molecule has 4 unspecified atom stereocenters. The Morgan fingerprint density at radius 2 is 2.08 bits per heavy atom. The molecule has 0 aromatic carbocycles. The molecular weight excluding hydrogens is 143 g/mol. The average Bonchev–Trinajstić information content (AvgIpc) is 2.32. The Morgan fingerprint density at radius 1 is 1.42 bits per heavy atom. The van der Waals surface area contributed by atoms with Crippen molar-refractivity contribution in [2.45, 2.75) is 52.3 Å². The Labute approximate surface area is 78.5 Å². The predicted octanol–water partition coefficient (Wildman–Crippen LogP) is 2.89. The summed E-state index contributed by atoms with van der Waals surface area (Å²) in [6.07, 6.45) is 5.82. The molecule has 1 rings (SSSR count). The van der Waals surface area contributed by atoms with Gasteiger partial charge in [-0.1, -0.05) is 45.9 Å². The maximum Gasteiger partial charge on any atom is 0.105 e. The van der Waals surface area contributed by atoms with Crippen LogP contribution in [-0.4, -0.2) is 7.85 Å². The molecule has 0 amide bonds. The van der Waals surface area contributed by atoms with Gasteiger partial charge in [-0.15, -0.1) is 0 Å². The second-order valence-electron chi connectivity index (χ2n) is 4.92. The summed E-state index contributed by atoms with van der Waals surface area (Å²) in [7, 11) is 2.40. The second kappa shape index (κ2) is 4.34. The molecule has 1 saturated carbocycles. The summed E-state index contributed by atoms with van der Waals surface area (Å²) in [5.41, 5.74) is 0. The Kier molecular flexibility index (Phi) is 3.67. The lowest BCUT2D eigenvalue weighted by Gasteiger charge is -2.26. The summed E-state index contributed by atoms with van der Waals surface area (Å²) < 4.78 is 0. The van der Waals surface area contributed by atoms with Crippen LogP contribution in [0.5, 0.6) is 0 Å². The van der Waals surface area contributed by atoms with Gasteiger partial charge in [-0.05, 0) is 24.2 Å². The highest BCUT2D eigenvalue weighted by Gasteiger charge is 2.33. The number of hydrogen-bond donors (Lipinski definition) is 0. The summed E-state index contributed by atoms with van der Waals surface area (Å²) in [6.45, 7) is 7.16. The zero-order valence-corrected chi connectivity index (χ0v) is 9.14. The van der Waals surface area contributed by atoms with E-state index in [9.17, 15) is 0 Å². The molecule has 0 nitrogen and oxygen atoms in total. The first-order chi connectivity index (χ1) is 5.66. The van der Waals surface area contributed by atoms with Gasteiger partial charge in [0.2, 0.25) is 0 Å². The average molecular weight is 166 g/mol. The monoisotopic (exact) mass is 166 g/mol. The molecular formula is C11H23B. The minimum atomic E-state index is 0.902. The van der Waals surface area contributed by atoms with Crippen LogP contribution < -0.4 is 0 Å². The van der Waals surface area contributed by atoms with Crippen molar-refractivity contribution in [1.82, 2.24) is 0 Å². The van der Waals surface area contributed by atoms with Crippen LogP contribution >= 0.6 is 0 Å². The van der Waals surface area contributed by atoms with E-state index in [1.54, 1.807) is 0 Å². The molecule has 0 radical (unpaired) electrons. The highest BCUT2D eigenvalue weighted by Crippen LogP contribution is 2.44. The minimum absolute atomic E-state index is 0.902. The highest BCUT2D eigenvalue weighted by molar-refractivity contribution is 6.11. The van der Waals surface area contributed by atoms with Crippen molar-refractivity contribution < 1.29 is 0 Å². The van der Waals surface area contributed by atoms with Crippen molar-refractivity contribution in [2.24, 2.45) is 17.8 Å². The molecule has 0 aliphatic heterocycles. The van der Waals surface area contributed by atoms with Crippen LogP contribution in [0, 0.1) is 17.8 Å². The summed E-state index contributed by atoms with van der Waals surface area (Å²) in [5.74, 6) is 3.95. The van der Waals surface area contributed by atoms with Crippen molar-refractivity contribution in [3.63, 3.8) is 0 Å². The molecule has 0 saturated heterocycles. The molecule has 0 spiro atoms. The fourth-order valence-electron chi connectivity index (χ4n) is 3.24. The first kappa shape index (κ1) is 10.1. The van der Waals surface area contributed by atoms with Crippen molar-refractivity contribution in [3.05, 3.63) is 0 Å². The molecule has 1 fully saturated rings. The Hall–Kier alpha value is 0.0649. The van der Waals surface area contributed by atoms with Gasteiger partial charge >= 0.3 is 0 Å². The maximum absolute atomic E-state index is 2.44. The highest BCUT2D eigenvalue weighted by atomic mass is 14.4. The van der Waals surface area contributed by atoms with Gasteiger partial charge in [0.25, 0.3) is 0 Å². The van der Waals surface area contributed by atoms with Gasteiger partial charge in [0.05, 0.1) is 0 Å². The van der Waals surface area contributed by atoms with E-state index in [1.165, 1.54) is 25.7 Å². The van der Waals surface area contributed by atoms with E-state index < -0.39 is 0 Å². The molecule has 0 bridgehead atoms. The summed E-state index contributed by atoms with van der Waals surface area (Å²) in [4.78, 5) is 0. The zero-order valence-electron chi connectivity index (χ0n) is 9.14. The van der Waals surface area contributed by atoms with E-state index in [2.05, 4.69) is 28.6 Å². The first-order valence-electron chi connectivity index (χ1n) is 5.66. The molecule has 12 heavy (non-hydrogen) atoms. The third-order valence-corrected chi connectivity index (χ3v) is 3.62. The van der Waals surface area contributed by atoms with Crippen LogP contribution in [-0.2, 0) is 0 Å². The van der Waals surface area contributed by atoms with Gasteiger partial charge in [0, 0.05) is 0 Å². The predicted molar refractivity (Wildman–Crippen MR) is 58.3 cm³/mol. The van der Waals surface area contributed by atoms with E-state index in [0.717, 1.165) is 23.6 Å². The molecule has 1 aliphatic rings. The fourth-order valence-corrected chi connectivity index (χ4v) is 3.24. The van der Waals surface area contributed by atoms with Crippen molar-refractivity contribution in [3.8, 4) is 0 Å². The van der Waals surface area contributed by atoms with Gasteiger partial charge in [0.1, 0.15) is 7.85 Å². The molecule has 1 heteroatoms. The third kappa shape index (κ3) is 2.05. The topological polar surface area (TPSA) is 0 Å². The Bertz CT molecular complexity index is 129. The van der Waals surface area contributed by atoms with Crippen LogP contribution in [0.25, 0.3) is 0 Å². The standard InChI is InChI=1S/C11H23B/c1-4-5-10-7-6-8(2)11(10)9(3)12/h8-11H,4-7,12H2,1-3H3. The number of hydrogen-bond acceptors (Lipinski definition) is 0. The van der Waals surface area contributed by atoms with Crippen LogP contribution in [0.2, 0.25) is 5.82 Å². The molecule has 0 aromatic rings. The fraction of sp³-hybridized carbons (Fsp3) is 1.00. The Balaban J connectivity index is 2.51. The molecule has 4 atom stereocenters. The minimum Gasteiger partial charge on any atom is -0.0694 e. The van der Waals surface area contributed by atoms with E-state index in [1.807, 2.05) is 0 Å². The lowest BCUT2D eigenvalue weighted by Crippen LogP contribution is -2.17. The van der Waals surface area contributed by atoms with Gasteiger partial charge < -0.3 is 0 Å². The molecule has 0 aromatic heterocycles. The van der Waals surface area contributed by atoms with Crippen molar-refractivity contribution >= 4 is 7.85 Å². The van der Waals surface area contributed by atoms with E-state index in [4.69, 9.17) is 0 Å². The van der Waals surface area contributed by atoms with Crippen LogP contribution in [0.1, 0.15) is 46.5 Å². The van der Waals surface area contributed by atoms with Gasteiger partial charge in [-0.25, -0.2) is 0 Å². The Morgan fingerprint density at radius 3 is 2.58 bits per heavy atom. The lowest BCUT2D eigenvalue weighted by atomic mass is 9.69. The van der Waals surface area contributed by atoms with E-state index in [-0.39, 0.29) is 0 Å². The van der Waals surface area contributed by atoms with Crippen molar-refractivity contribution in [1.29, 1.82) is 0 Å². The first-order valence-corrected chi connectivity index (χ1v) is 5.66. The molecule has 0 N–H and O–H groups in total. The molecule has 0 heterocycles. The number of rotatable bonds is 3. The van der Waals surface area contributed by atoms with Gasteiger partial charge in [0.15, 0.2) is 0 Å². The summed E-state index contributed by atoms with van der Waals surface area (Å²) in [5, 5.41) is 0. The summed E-state index contributed by atoms with van der Waals surface area (Å²) >= 11 is 0. The quantitative estimate of drug-likeness (QED) is 0.565. The van der Waals surface area contributed by atoms with E-state index in [0.29, 0.717) is 0 Å². The smallest absolute Gasteiger partial charge is 0.0694 e. The third-order valence-electron chi connectivity index (χ3n) is 3.62. The van der Waals surface area contributed by atoms with Crippen LogP contribution in [0.15, 0.2) is 0 Å². The van der Waals surface area contributed by atoms with E-state index >= 15 is 0 Å². The SMILES string of the molecule is BC(C)C1C(C)CCC1CCC. The van der Waals surface area contributed by atoms with Crippen molar-refractivity contribution in [2.75, 3.05) is 0 Å². The molecule has 1 aliphatic carbocycles. The normalized spacial score (nSPS) is 38.4.